The molecule has 1 aliphatic rings. The molecule has 0 aromatic heterocycles. The Morgan fingerprint density at radius 1 is 1.24 bits per heavy atom. The summed E-state index contributed by atoms with van der Waals surface area (Å²) in [6, 6.07) is 9.06. The molecule has 2 rings (SSSR count). The van der Waals surface area contributed by atoms with Crippen LogP contribution in [0.25, 0.3) is 0 Å². The molecule has 2 N–H and O–H groups in total. The second-order valence-electron chi connectivity index (χ2n) is 6.55. The minimum atomic E-state index is -0.511. The quantitative estimate of drug-likeness (QED) is 0.687. The summed E-state index contributed by atoms with van der Waals surface area (Å²) < 4.78 is 5.26. The van der Waals surface area contributed by atoms with Crippen LogP contribution < -0.4 is 10.6 Å². The second-order valence-corrected chi connectivity index (χ2v) is 7.56. The van der Waals surface area contributed by atoms with E-state index in [1.165, 1.54) is 0 Å². The van der Waals surface area contributed by atoms with Gasteiger partial charge in [-0.2, -0.15) is 0 Å². The molecular formula is C18H22Cl2N2O3. The highest BCUT2D eigenvalue weighted by Crippen LogP contribution is 2.59. The summed E-state index contributed by atoms with van der Waals surface area (Å²) in [5.41, 5.74) is 0.527. The lowest BCUT2D eigenvalue weighted by Crippen LogP contribution is -2.28. The van der Waals surface area contributed by atoms with E-state index < -0.39 is 6.09 Å². The highest BCUT2D eigenvalue weighted by Gasteiger charge is 2.60. The number of para-hydroxylation sites is 1. The molecule has 2 amide bonds. The third-order valence-electron chi connectivity index (χ3n) is 4.37. The molecule has 25 heavy (non-hydrogen) atoms. The fraction of sp³-hybridized carbons (Fsp3) is 0.444. The minimum absolute atomic E-state index is 0.0328. The van der Waals surface area contributed by atoms with Crippen molar-refractivity contribution in [1.82, 2.24) is 5.32 Å². The van der Waals surface area contributed by atoms with Crippen molar-refractivity contribution in [3.8, 4) is 0 Å². The maximum atomic E-state index is 12.2. The van der Waals surface area contributed by atoms with Gasteiger partial charge in [-0.15, -0.1) is 0 Å². The SMILES string of the molecule is CC1(C)C(C=C(Cl)Cl)C1C(=O)NCCCOC(=O)Nc1ccccc1. The predicted molar refractivity (Wildman–Crippen MR) is 99.6 cm³/mol. The Morgan fingerprint density at radius 3 is 2.56 bits per heavy atom. The molecular weight excluding hydrogens is 363 g/mol. The number of anilines is 1. The van der Waals surface area contributed by atoms with Crippen molar-refractivity contribution in [3.63, 3.8) is 0 Å². The highest BCUT2D eigenvalue weighted by molar-refractivity contribution is 6.55. The average molecular weight is 385 g/mol. The Morgan fingerprint density at radius 2 is 1.92 bits per heavy atom. The number of carbonyl (C=O) groups is 2. The first-order valence-electron chi connectivity index (χ1n) is 8.11. The fourth-order valence-corrected chi connectivity index (χ4v) is 3.13. The molecule has 2 atom stereocenters. The van der Waals surface area contributed by atoms with Crippen LogP contribution in [0.5, 0.6) is 0 Å². The lowest BCUT2D eigenvalue weighted by molar-refractivity contribution is -0.123. The highest BCUT2D eigenvalue weighted by atomic mass is 35.5. The number of hydrogen-bond acceptors (Lipinski definition) is 3. The summed E-state index contributed by atoms with van der Waals surface area (Å²) in [6.45, 7) is 4.68. The number of carbonyl (C=O) groups excluding carboxylic acids is 2. The first-order valence-corrected chi connectivity index (χ1v) is 8.87. The molecule has 0 radical (unpaired) electrons. The van der Waals surface area contributed by atoms with Gasteiger partial charge in [-0.1, -0.05) is 55.2 Å². The molecule has 0 bridgehead atoms. The normalized spacial score (nSPS) is 20.3. The van der Waals surface area contributed by atoms with E-state index in [4.69, 9.17) is 27.9 Å². The number of rotatable bonds is 7. The van der Waals surface area contributed by atoms with Crippen LogP contribution in [0.15, 0.2) is 40.9 Å². The van der Waals surface area contributed by atoms with Crippen LogP contribution in [0.1, 0.15) is 20.3 Å². The van der Waals surface area contributed by atoms with Gasteiger partial charge in [-0.3, -0.25) is 10.1 Å². The lowest BCUT2D eigenvalue weighted by atomic mass is 10.1. The zero-order valence-corrected chi connectivity index (χ0v) is 15.7. The standard InChI is InChI=1S/C18H22Cl2N2O3/c1-18(2)13(11-14(19)20)15(18)16(23)21-9-6-10-25-17(24)22-12-7-4-3-5-8-12/h3-5,7-8,11,13,15H,6,9-10H2,1-2H3,(H,21,23)(H,22,24). The van der Waals surface area contributed by atoms with Gasteiger partial charge in [0.2, 0.25) is 5.91 Å². The van der Waals surface area contributed by atoms with E-state index in [0.717, 1.165) is 0 Å². The van der Waals surface area contributed by atoms with Gasteiger partial charge in [0, 0.05) is 12.2 Å². The van der Waals surface area contributed by atoms with Crippen LogP contribution in [0.4, 0.5) is 10.5 Å². The Hall–Kier alpha value is -1.72. The minimum Gasteiger partial charge on any atom is -0.449 e. The largest absolute Gasteiger partial charge is 0.449 e. The van der Waals surface area contributed by atoms with Gasteiger partial charge >= 0.3 is 6.09 Å². The maximum absolute atomic E-state index is 12.2. The van der Waals surface area contributed by atoms with E-state index in [1.54, 1.807) is 18.2 Å². The van der Waals surface area contributed by atoms with Crippen LogP contribution in [0, 0.1) is 17.3 Å². The molecule has 2 unspecified atom stereocenters. The van der Waals surface area contributed by atoms with Crippen molar-refractivity contribution in [2.24, 2.45) is 17.3 Å². The predicted octanol–water partition coefficient (Wildman–Crippen LogP) is 4.33. The first kappa shape index (κ1) is 19.6. The van der Waals surface area contributed by atoms with Crippen LogP contribution >= 0.6 is 23.2 Å². The van der Waals surface area contributed by atoms with Crippen LogP contribution in [-0.4, -0.2) is 25.2 Å². The number of benzene rings is 1. The Kier molecular flexibility index (Phi) is 6.73. The van der Waals surface area contributed by atoms with E-state index in [0.29, 0.717) is 18.7 Å². The Bertz CT molecular complexity index is 643. The van der Waals surface area contributed by atoms with Gasteiger partial charge in [0.15, 0.2) is 0 Å². The average Bonchev–Trinajstić information content (AvgIpc) is 3.07. The Labute approximate surface area is 157 Å². The molecule has 0 aliphatic heterocycles. The molecule has 0 heterocycles. The summed E-state index contributed by atoms with van der Waals surface area (Å²) in [7, 11) is 0. The van der Waals surface area contributed by atoms with Crippen molar-refractivity contribution < 1.29 is 14.3 Å². The molecule has 1 saturated carbocycles. The van der Waals surface area contributed by atoms with E-state index >= 15 is 0 Å². The smallest absolute Gasteiger partial charge is 0.411 e. The lowest BCUT2D eigenvalue weighted by Gasteiger charge is -2.08. The van der Waals surface area contributed by atoms with Crippen LogP contribution in [0.2, 0.25) is 0 Å². The zero-order chi connectivity index (χ0) is 18.4. The first-order chi connectivity index (χ1) is 11.8. The Balaban J connectivity index is 1.62. The molecule has 1 fully saturated rings. The summed E-state index contributed by atoms with van der Waals surface area (Å²) in [5.74, 6) is -0.123. The molecule has 0 spiro atoms. The second kappa shape index (κ2) is 8.59. The summed E-state index contributed by atoms with van der Waals surface area (Å²) >= 11 is 11.4. The van der Waals surface area contributed by atoms with Crippen molar-refractivity contribution in [2.75, 3.05) is 18.5 Å². The molecule has 1 aromatic carbocycles. The van der Waals surface area contributed by atoms with E-state index in [-0.39, 0.29) is 34.3 Å². The van der Waals surface area contributed by atoms with E-state index in [2.05, 4.69) is 10.6 Å². The van der Waals surface area contributed by atoms with E-state index in [1.807, 2.05) is 32.0 Å². The molecule has 136 valence electrons. The number of hydrogen-bond donors (Lipinski definition) is 2. The van der Waals surface area contributed by atoms with Crippen molar-refractivity contribution >= 4 is 40.9 Å². The number of nitrogens with one attached hydrogen (secondary N) is 2. The van der Waals surface area contributed by atoms with Gasteiger partial charge < -0.3 is 10.1 Å². The molecule has 7 heteroatoms. The number of allylic oxidation sites excluding steroid dienone is 1. The van der Waals surface area contributed by atoms with Crippen LogP contribution in [-0.2, 0) is 9.53 Å². The molecule has 0 saturated heterocycles. The number of halogens is 2. The molecule has 1 aromatic rings. The van der Waals surface area contributed by atoms with Gasteiger partial charge in [0.1, 0.15) is 4.49 Å². The number of amides is 2. The van der Waals surface area contributed by atoms with Gasteiger partial charge in [0.05, 0.1) is 12.5 Å². The summed E-state index contributed by atoms with van der Waals surface area (Å²) in [6.07, 6.45) is 1.74. The molecule has 1 aliphatic carbocycles. The topological polar surface area (TPSA) is 67.4 Å². The van der Waals surface area contributed by atoms with Crippen LogP contribution in [0.3, 0.4) is 0 Å². The van der Waals surface area contributed by atoms with Gasteiger partial charge in [0.25, 0.3) is 0 Å². The maximum Gasteiger partial charge on any atom is 0.411 e. The fourth-order valence-electron chi connectivity index (χ4n) is 2.86. The number of ether oxygens (including phenoxy) is 1. The third kappa shape index (κ3) is 5.65. The van der Waals surface area contributed by atoms with Crippen molar-refractivity contribution in [2.45, 2.75) is 20.3 Å². The van der Waals surface area contributed by atoms with Crippen molar-refractivity contribution in [1.29, 1.82) is 0 Å². The zero-order valence-electron chi connectivity index (χ0n) is 14.2. The third-order valence-corrected chi connectivity index (χ3v) is 4.62. The van der Waals surface area contributed by atoms with Crippen molar-refractivity contribution in [3.05, 3.63) is 40.9 Å². The molecule has 5 nitrogen and oxygen atoms in total. The monoisotopic (exact) mass is 384 g/mol. The van der Waals surface area contributed by atoms with E-state index in [9.17, 15) is 9.59 Å². The summed E-state index contributed by atoms with van der Waals surface area (Å²) in [5, 5.41) is 5.49. The summed E-state index contributed by atoms with van der Waals surface area (Å²) in [4.78, 5) is 23.8. The van der Waals surface area contributed by atoms with Gasteiger partial charge in [-0.25, -0.2) is 4.79 Å². The van der Waals surface area contributed by atoms with Gasteiger partial charge in [-0.05, 0) is 36.0 Å².